The highest BCUT2D eigenvalue weighted by Gasteiger charge is 2.34. The Bertz CT molecular complexity index is 1400. The first-order valence-electron chi connectivity index (χ1n) is 10.3. The second-order valence-corrected chi connectivity index (χ2v) is 7.68. The number of H-pyrrole nitrogens is 1. The first kappa shape index (κ1) is 23.7. The van der Waals surface area contributed by atoms with Crippen molar-refractivity contribution < 1.29 is 27.5 Å². The van der Waals surface area contributed by atoms with Crippen molar-refractivity contribution in [1.82, 2.24) is 29.8 Å². The van der Waals surface area contributed by atoms with Crippen molar-refractivity contribution in [1.29, 1.82) is 0 Å². The van der Waals surface area contributed by atoms with Crippen LogP contribution in [-0.4, -0.2) is 48.7 Å². The number of hydrogen-bond acceptors (Lipinski definition) is 6. The van der Waals surface area contributed by atoms with Crippen LogP contribution < -0.4 is 5.32 Å². The predicted molar refractivity (Wildman–Crippen MR) is 118 cm³/mol. The molecule has 0 saturated carbocycles. The van der Waals surface area contributed by atoms with Gasteiger partial charge in [0.05, 0.1) is 30.5 Å². The van der Waals surface area contributed by atoms with Crippen molar-refractivity contribution in [3.05, 3.63) is 65.1 Å². The Morgan fingerprint density at radius 1 is 1.14 bits per heavy atom. The molecule has 182 valence electrons. The summed E-state index contributed by atoms with van der Waals surface area (Å²) in [5.74, 6) is -0.711. The van der Waals surface area contributed by atoms with E-state index in [4.69, 9.17) is 0 Å². The third kappa shape index (κ3) is 5.08. The van der Waals surface area contributed by atoms with E-state index in [9.17, 15) is 22.8 Å². The van der Waals surface area contributed by atoms with Crippen LogP contribution in [0.25, 0.3) is 17.1 Å². The number of esters is 1. The zero-order valence-electron chi connectivity index (χ0n) is 18.8. The Kier molecular flexibility index (Phi) is 6.16. The molecule has 10 nitrogen and oxygen atoms in total. The number of aromatic nitrogens is 6. The predicted octanol–water partition coefficient (Wildman–Crippen LogP) is 3.29. The number of hydrogen-bond donors (Lipinski definition) is 2. The molecule has 0 saturated heterocycles. The summed E-state index contributed by atoms with van der Waals surface area (Å²) in [5, 5.41) is 17.9. The first-order valence-corrected chi connectivity index (χ1v) is 10.3. The molecule has 4 aromatic rings. The maximum absolute atomic E-state index is 13.6. The lowest BCUT2D eigenvalue weighted by molar-refractivity contribution is -0.140. The van der Waals surface area contributed by atoms with E-state index in [1.54, 1.807) is 20.0 Å². The van der Waals surface area contributed by atoms with Gasteiger partial charge < -0.3 is 10.1 Å². The molecule has 0 spiro atoms. The largest absolute Gasteiger partial charge is 0.469 e. The molecule has 2 N–H and O–H groups in total. The van der Waals surface area contributed by atoms with Gasteiger partial charge in [-0.2, -0.15) is 33.1 Å². The minimum Gasteiger partial charge on any atom is -0.469 e. The molecule has 1 aromatic carbocycles. The van der Waals surface area contributed by atoms with Crippen LogP contribution >= 0.6 is 0 Å². The number of anilines is 1. The number of rotatable bonds is 6. The van der Waals surface area contributed by atoms with E-state index >= 15 is 0 Å². The van der Waals surface area contributed by atoms with E-state index in [-0.39, 0.29) is 29.1 Å². The van der Waals surface area contributed by atoms with Gasteiger partial charge in [-0.1, -0.05) is 0 Å². The smallest absolute Gasteiger partial charge is 0.417 e. The standard InChI is InChI=1S/C22H20F3N7O3/c1-12-8-19(28-27-12)32-18(10-14(29-32)11-20(33)35-3)26-21(34)13-4-5-16(22(23,24)25)15(9-13)17-6-7-31(2)30-17/h4-10H,11H2,1-3H3,(H,26,34)(H,27,28). The second kappa shape index (κ2) is 9.08. The van der Waals surface area contributed by atoms with Crippen molar-refractivity contribution in [2.75, 3.05) is 12.4 Å². The van der Waals surface area contributed by atoms with Gasteiger partial charge in [0.1, 0.15) is 5.82 Å². The number of carbonyl (C=O) groups is 2. The van der Waals surface area contributed by atoms with E-state index in [1.807, 2.05) is 0 Å². The van der Waals surface area contributed by atoms with E-state index < -0.39 is 23.6 Å². The third-order valence-electron chi connectivity index (χ3n) is 5.04. The Morgan fingerprint density at radius 2 is 1.91 bits per heavy atom. The van der Waals surface area contributed by atoms with Crippen LogP contribution in [0.4, 0.5) is 19.0 Å². The minimum absolute atomic E-state index is 0.0286. The summed E-state index contributed by atoms with van der Waals surface area (Å²) in [4.78, 5) is 24.8. The molecule has 13 heteroatoms. The van der Waals surface area contributed by atoms with Crippen LogP contribution in [0.2, 0.25) is 0 Å². The Hall–Kier alpha value is -4.42. The van der Waals surface area contributed by atoms with Gasteiger partial charge in [-0.15, -0.1) is 0 Å². The number of ether oxygens (including phenoxy) is 1. The van der Waals surface area contributed by atoms with E-state index in [0.29, 0.717) is 11.5 Å². The van der Waals surface area contributed by atoms with Crippen LogP contribution in [0.1, 0.15) is 27.3 Å². The zero-order chi connectivity index (χ0) is 25.3. The molecular formula is C22H20F3N7O3. The van der Waals surface area contributed by atoms with E-state index in [0.717, 1.165) is 23.9 Å². The van der Waals surface area contributed by atoms with Crippen molar-refractivity contribution in [3.63, 3.8) is 0 Å². The maximum atomic E-state index is 13.6. The van der Waals surface area contributed by atoms with Crippen molar-refractivity contribution in [2.45, 2.75) is 19.5 Å². The van der Waals surface area contributed by atoms with Gasteiger partial charge in [0.2, 0.25) is 0 Å². The molecule has 0 radical (unpaired) electrons. The molecular weight excluding hydrogens is 467 g/mol. The van der Waals surface area contributed by atoms with Crippen molar-refractivity contribution in [3.8, 4) is 17.1 Å². The average Bonchev–Trinajstić information content (AvgIpc) is 3.52. The summed E-state index contributed by atoms with van der Waals surface area (Å²) in [5.41, 5.74) is -0.0656. The molecule has 1 amide bonds. The third-order valence-corrected chi connectivity index (χ3v) is 5.04. The van der Waals surface area contributed by atoms with Crippen LogP contribution in [0.3, 0.4) is 0 Å². The average molecular weight is 487 g/mol. The number of carbonyl (C=O) groups excluding carboxylic acids is 2. The van der Waals surface area contributed by atoms with Crippen LogP contribution in [0.15, 0.2) is 42.6 Å². The number of methoxy groups -OCH3 is 1. The topological polar surface area (TPSA) is 120 Å². The number of aromatic amines is 1. The molecule has 0 unspecified atom stereocenters. The van der Waals surface area contributed by atoms with Gasteiger partial charge in [-0.25, -0.2) is 0 Å². The number of alkyl halides is 3. The number of amides is 1. The highest BCUT2D eigenvalue weighted by atomic mass is 19.4. The molecule has 0 aliphatic heterocycles. The van der Waals surface area contributed by atoms with Gasteiger partial charge in [0.15, 0.2) is 5.82 Å². The van der Waals surface area contributed by atoms with Gasteiger partial charge in [-0.3, -0.25) is 19.4 Å². The lowest BCUT2D eigenvalue weighted by Crippen LogP contribution is -2.16. The molecule has 4 rings (SSSR count). The summed E-state index contributed by atoms with van der Waals surface area (Å²) in [6, 6.07) is 7.62. The van der Waals surface area contributed by atoms with Gasteiger partial charge in [0.25, 0.3) is 5.91 Å². The maximum Gasteiger partial charge on any atom is 0.417 e. The van der Waals surface area contributed by atoms with E-state index in [1.165, 1.54) is 34.8 Å². The van der Waals surface area contributed by atoms with E-state index in [2.05, 4.69) is 30.4 Å². The van der Waals surface area contributed by atoms with Crippen LogP contribution in [0.5, 0.6) is 0 Å². The molecule has 35 heavy (non-hydrogen) atoms. The van der Waals surface area contributed by atoms with Crippen molar-refractivity contribution in [2.24, 2.45) is 7.05 Å². The number of halogens is 3. The van der Waals surface area contributed by atoms with Gasteiger partial charge in [-0.05, 0) is 31.2 Å². The minimum atomic E-state index is -4.64. The zero-order valence-corrected chi connectivity index (χ0v) is 18.8. The number of nitrogens with zero attached hydrogens (tertiary/aromatic N) is 5. The Labute approximate surface area is 196 Å². The molecule has 0 aliphatic rings. The molecule has 3 heterocycles. The Balaban J connectivity index is 1.71. The monoisotopic (exact) mass is 487 g/mol. The molecule has 3 aromatic heterocycles. The molecule has 0 atom stereocenters. The number of nitrogens with one attached hydrogen (secondary N) is 2. The fourth-order valence-corrected chi connectivity index (χ4v) is 3.40. The normalized spacial score (nSPS) is 11.5. The quantitative estimate of drug-likeness (QED) is 0.403. The number of benzene rings is 1. The summed E-state index contributed by atoms with van der Waals surface area (Å²) in [6.45, 7) is 1.77. The van der Waals surface area contributed by atoms with Gasteiger partial charge in [0, 0.05) is 42.2 Å². The molecule has 0 aliphatic carbocycles. The fraction of sp³-hybridized carbons (Fsp3) is 0.227. The summed E-state index contributed by atoms with van der Waals surface area (Å²) < 4.78 is 48.2. The summed E-state index contributed by atoms with van der Waals surface area (Å²) in [6.07, 6.45) is -3.28. The SMILES string of the molecule is COC(=O)Cc1cc(NC(=O)c2ccc(C(F)(F)F)c(-c3ccn(C)n3)c2)n(-c2cc(C)[nH]n2)n1. The highest BCUT2D eigenvalue weighted by molar-refractivity contribution is 6.04. The van der Waals surface area contributed by atoms with Gasteiger partial charge >= 0.3 is 12.1 Å². The lowest BCUT2D eigenvalue weighted by atomic mass is 10.0. The summed E-state index contributed by atoms with van der Waals surface area (Å²) in [7, 11) is 2.82. The molecule has 0 fully saturated rings. The fourth-order valence-electron chi connectivity index (χ4n) is 3.40. The number of aryl methyl sites for hydroxylation is 2. The summed E-state index contributed by atoms with van der Waals surface area (Å²) >= 11 is 0. The van der Waals surface area contributed by atoms with Crippen LogP contribution in [-0.2, 0) is 29.2 Å². The van der Waals surface area contributed by atoms with Crippen LogP contribution in [0, 0.1) is 6.92 Å². The highest BCUT2D eigenvalue weighted by Crippen LogP contribution is 2.37. The molecule has 0 bridgehead atoms. The second-order valence-electron chi connectivity index (χ2n) is 7.68. The first-order chi connectivity index (χ1) is 16.5. The lowest BCUT2D eigenvalue weighted by Gasteiger charge is -2.13. The Morgan fingerprint density at radius 3 is 2.51 bits per heavy atom. The van der Waals surface area contributed by atoms with Crippen molar-refractivity contribution >= 4 is 17.7 Å².